The van der Waals surface area contributed by atoms with E-state index in [2.05, 4.69) is 42.2 Å². The second kappa shape index (κ2) is 7.87. The highest BCUT2D eigenvalue weighted by Gasteiger charge is 2.48. The molecule has 34 heavy (non-hydrogen) atoms. The number of aromatic nitrogens is 1. The van der Waals surface area contributed by atoms with E-state index >= 15 is 0 Å². The normalized spacial score (nSPS) is 19.9. The monoisotopic (exact) mass is 449 g/mol. The van der Waals surface area contributed by atoms with Gasteiger partial charge in [-0.25, -0.2) is 0 Å². The van der Waals surface area contributed by atoms with E-state index in [-0.39, 0.29) is 24.4 Å². The highest BCUT2D eigenvalue weighted by atomic mass is 16.2. The van der Waals surface area contributed by atoms with Gasteiger partial charge in [-0.15, -0.1) is 0 Å². The number of hydrogen-bond acceptors (Lipinski definition) is 2. The van der Waals surface area contributed by atoms with Gasteiger partial charge < -0.3 is 14.8 Å². The van der Waals surface area contributed by atoms with Crippen LogP contribution >= 0.6 is 0 Å². The zero-order valence-electron chi connectivity index (χ0n) is 19.4. The molecule has 1 unspecified atom stereocenters. The Morgan fingerprint density at radius 1 is 0.912 bits per heavy atom. The molecule has 1 N–H and O–H groups in total. The predicted octanol–water partition coefficient (Wildman–Crippen LogP) is 4.67. The molecule has 1 saturated heterocycles. The summed E-state index contributed by atoms with van der Waals surface area (Å²) in [4.78, 5) is 34.6. The molecule has 2 atom stereocenters. The number of para-hydroxylation sites is 1. The number of rotatable bonds is 3. The quantitative estimate of drug-likeness (QED) is 0.494. The Kier molecular flexibility index (Phi) is 4.80. The van der Waals surface area contributed by atoms with E-state index in [1.165, 1.54) is 5.56 Å². The van der Waals surface area contributed by atoms with Gasteiger partial charge in [0.1, 0.15) is 12.6 Å². The van der Waals surface area contributed by atoms with Crippen LogP contribution in [0, 0.1) is 13.8 Å². The van der Waals surface area contributed by atoms with Crippen molar-refractivity contribution in [3.05, 3.63) is 106 Å². The number of nitrogens with one attached hydrogen (secondary N) is 1. The molecule has 3 aromatic carbocycles. The fourth-order valence-electron chi connectivity index (χ4n) is 5.56. The number of hydrogen-bond donors (Lipinski definition) is 1. The summed E-state index contributed by atoms with van der Waals surface area (Å²) in [6.07, 6.45) is 0.524. The molecular formula is C29H27N3O2. The van der Waals surface area contributed by atoms with Crippen LogP contribution in [0.2, 0.25) is 0 Å². The lowest BCUT2D eigenvalue weighted by Crippen LogP contribution is -2.62. The Morgan fingerprint density at radius 3 is 2.50 bits per heavy atom. The SMILES string of the molecule is Cc1ccc(CN2CC(=O)N3C(c4cccc(C)c4)c4[nH]c5ccccc5c4C[C@H]3C2=O)cc1. The van der Waals surface area contributed by atoms with Crippen molar-refractivity contribution in [1.29, 1.82) is 0 Å². The Balaban J connectivity index is 1.45. The largest absolute Gasteiger partial charge is 0.356 e. The molecule has 170 valence electrons. The van der Waals surface area contributed by atoms with E-state index in [0.717, 1.165) is 38.9 Å². The third-order valence-corrected chi connectivity index (χ3v) is 7.19. The highest BCUT2D eigenvalue weighted by Crippen LogP contribution is 2.42. The van der Waals surface area contributed by atoms with Crippen LogP contribution in [0.1, 0.15) is 39.6 Å². The van der Waals surface area contributed by atoms with E-state index in [4.69, 9.17) is 0 Å². The van der Waals surface area contributed by atoms with Gasteiger partial charge in [-0.1, -0.05) is 77.9 Å². The van der Waals surface area contributed by atoms with Crippen LogP contribution in [0.5, 0.6) is 0 Å². The van der Waals surface area contributed by atoms with Gasteiger partial charge in [0.15, 0.2) is 0 Å². The second-order valence-electron chi connectivity index (χ2n) is 9.58. The van der Waals surface area contributed by atoms with Gasteiger partial charge >= 0.3 is 0 Å². The molecule has 2 aliphatic heterocycles. The molecule has 3 heterocycles. The first kappa shape index (κ1) is 20.7. The van der Waals surface area contributed by atoms with Gasteiger partial charge in [-0.3, -0.25) is 9.59 Å². The average Bonchev–Trinajstić information content (AvgIpc) is 3.21. The molecule has 0 spiro atoms. The summed E-state index contributed by atoms with van der Waals surface area (Å²) >= 11 is 0. The topological polar surface area (TPSA) is 56.4 Å². The van der Waals surface area contributed by atoms with Crippen molar-refractivity contribution in [3.8, 4) is 0 Å². The maximum Gasteiger partial charge on any atom is 0.246 e. The first-order chi connectivity index (χ1) is 16.5. The molecule has 0 saturated carbocycles. The van der Waals surface area contributed by atoms with Gasteiger partial charge in [-0.05, 0) is 36.6 Å². The first-order valence-electron chi connectivity index (χ1n) is 11.8. The summed E-state index contributed by atoms with van der Waals surface area (Å²) < 4.78 is 0. The lowest BCUT2D eigenvalue weighted by molar-refractivity contribution is -0.159. The molecule has 6 rings (SSSR count). The third-order valence-electron chi connectivity index (χ3n) is 7.19. The zero-order chi connectivity index (χ0) is 23.4. The van der Waals surface area contributed by atoms with Crippen LogP contribution in [0.15, 0.2) is 72.8 Å². The molecular weight excluding hydrogens is 422 g/mol. The number of H-pyrrole nitrogens is 1. The van der Waals surface area contributed by atoms with Crippen LogP contribution in [0.4, 0.5) is 0 Å². The van der Waals surface area contributed by atoms with E-state index in [9.17, 15) is 9.59 Å². The molecule has 1 aromatic heterocycles. The molecule has 0 bridgehead atoms. The molecule has 1 fully saturated rings. The maximum absolute atomic E-state index is 13.8. The standard InChI is InChI=1S/C29H27N3O2/c1-18-10-12-20(13-11-18)16-31-17-26(33)32-25(29(31)34)15-23-22-8-3-4-9-24(22)30-27(23)28(32)21-7-5-6-19(2)14-21/h3-14,25,28,30H,15-17H2,1-2H3/t25-,28?/m0/s1. The van der Waals surface area contributed by atoms with Crippen molar-refractivity contribution in [1.82, 2.24) is 14.8 Å². The third kappa shape index (κ3) is 3.31. The fourth-order valence-corrected chi connectivity index (χ4v) is 5.56. The van der Waals surface area contributed by atoms with Crippen molar-refractivity contribution in [2.24, 2.45) is 0 Å². The molecule has 5 heteroatoms. The zero-order valence-corrected chi connectivity index (χ0v) is 19.4. The lowest BCUT2D eigenvalue weighted by Gasteiger charge is -2.47. The van der Waals surface area contributed by atoms with Crippen molar-refractivity contribution >= 4 is 22.7 Å². The van der Waals surface area contributed by atoms with Gasteiger partial charge in [-0.2, -0.15) is 0 Å². The number of carbonyl (C=O) groups excluding carboxylic acids is 2. The summed E-state index contributed by atoms with van der Waals surface area (Å²) in [6, 6.07) is 23.8. The van der Waals surface area contributed by atoms with Crippen LogP contribution in [-0.2, 0) is 22.6 Å². The van der Waals surface area contributed by atoms with Crippen LogP contribution < -0.4 is 0 Å². The van der Waals surface area contributed by atoms with E-state index < -0.39 is 6.04 Å². The number of carbonyl (C=O) groups is 2. The Morgan fingerprint density at radius 2 is 1.71 bits per heavy atom. The van der Waals surface area contributed by atoms with Crippen molar-refractivity contribution < 1.29 is 9.59 Å². The number of benzene rings is 3. The minimum atomic E-state index is -0.510. The summed E-state index contributed by atoms with van der Waals surface area (Å²) in [6.45, 7) is 4.65. The molecule has 4 aromatic rings. The van der Waals surface area contributed by atoms with Crippen LogP contribution in [-0.4, -0.2) is 39.2 Å². The first-order valence-corrected chi connectivity index (χ1v) is 11.8. The smallest absolute Gasteiger partial charge is 0.246 e. The van der Waals surface area contributed by atoms with Crippen molar-refractivity contribution in [3.63, 3.8) is 0 Å². The summed E-state index contributed by atoms with van der Waals surface area (Å²) in [7, 11) is 0. The maximum atomic E-state index is 13.8. The molecule has 0 radical (unpaired) electrons. The molecule has 0 aliphatic carbocycles. The molecule has 5 nitrogen and oxygen atoms in total. The number of piperazine rings is 1. The minimum Gasteiger partial charge on any atom is -0.356 e. The van der Waals surface area contributed by atoms with Gasteiger partial charge in [0, 0.05) is 29.6 Å². The molecule has 2 amide bonds. The Bertz CT molecular complexity index is 1420. The fraction of sp³-hybridized carbons (Fsp3) is 0.241. The summed E-state index contributed by atoms with van der Waals surface area (Å²) in [5.41, 5.74) is 7.59. The molecule has 2 aliphatic rings. The number of amides is 2. The number of aromatic amines is 1. The number of fused-ring (bicyclic) bond motifs is 4. The van der Waals surface area contributed by atoms with Crippen LogP contribution in [0.25, 0.3) is 10.9 Å². The van der Waals surface area contributed by atoms with E-state index in [1.54, 1.807) is 4.90 Å². The minimum absolute atomic E-state index is 0.00692. The summed E-state index contributed by atoms with van der Waals surface area (Å²) in [5, 5.41) is 1.13. The van der Waals surface area contributed by atoms with Gasteiger partial charge in [0.25, 0.3) is 0 Å². The highest BCUT2D eigenvalue weighted by molar-refractivity contribution is 5.97. The number of nitrogens with zero attached hydrogens (tertiary/aromatic N) is 2. The summed E-state index contributed by atoms with van der Waals surface area (Å²) in [5.74, 6) is 0.0151. The Labute approximate surface area is 199 Å². The van der Waals surface area contributed by atoms with E-state index in [1.807, 2.05) is 54.3 Å². The van der Waals surface area contributed by atoms with Gasteiger partial charge in [0.2, 0.25) is 11.8 Å². The van der Waals surface area contributed by atoms with Crippen LogP contribution in [0.3, 0.4) is 0 Å². The van der Waals surface area contributed by atoms with Gasteiger partial charge in [0.05, 0.1) is 6.04 Å². The van der Waals surface area contributed by atoms with E-state index in [0.29, 0.717) is 13.0 Å². The predicted molar refractivity (Wildman–Crippen MR) is 132 cm³/mol. The second-order valence-corrected chi connectivity index (χ2v) is 9.58. The average molecular weight is 450 g/mol. The van der Waals surface area contributed by atoms with Crippen molar-refractivity contribution in [2.45, 2.75) is 38.9 Å². The lowest BCUT2D eigenvalue weighted by atomic mass is 9.86. The Hall–Kier alpha value is -3.86. The number of aryl methyl sites for hydroxylation is 2. The van der Waals surface area contributed by atoms with Crippen molar-refractivity contribution in [2.75, 3.05) is 6.54 Å².